The predicted octanol–water partition coefficient (Wildman–Crippen LogP) is 5.49. The molecule has 41 heavy (non-hydrogen) atoms. The van der Waals surface area contributed by atoms with Gasteiger partial charge in [-0.3, -0.25) is 14.4 Å². The Hall–Kier alpha value is -3.94. The van der Waals surface area contributed by atoms with Gasteiger partial charge in [-0.15, -0.1) is 0 Å². The van der Waals surface area contributed by atoms with E-state index in [4.69, 9.17) is 5.73 Å². The lowest BCUT2D eigenvalue weighted by molar-refractivity contribution is -0.131. The topological polar surface area (TPSA) is 119 Å². The van der Waals surface area contributed by atoms with Crippen LogP contribution in [0.3, 0.4) is 0 Å². The summed E-state index contributed by atoms with van der Waals surface area (Å²) in [6, 6.07) is 17.8. The number of ketones is 1. The van der Waals surface area contributed by atoms with Gasteiger partial charge in [-0.05, 0) is 62.6 Å². The van der Waals surface area contributed by atoms with E-state index in [-0.39, 0.29) is 29.7 Å². The van der Waals surface area contributed by atoms with E-state index in [1.807, 2.05) is 61.0 Å². The maximum absolute atomic E-state index is 14.0. The number of carbonyl (C=O) groups excluding carboxylic acids is 3. The van der Waals surface area contributed by atoms with E-state index in [1.54, 1.807) is 13.1 Å². The molecule has 1 unspecified atom stereocenters. The van der Waals surface area contributed by atoms with Gasteiger partial charge in [-0.1, -0.05) is 75.4 Å². The highest BCUT2D eigenvalue weighted by atomic mass is 16.2. The van der Waals surface area contributed by atoms with E-state index >= 15 is 0 Å². The number of anilines is 1. The molecule has 4 N–H and O–H groups in total. The molecule has 0 saturated carbocycles. The number of rotatable bonds is 11. The van der Waals surface area contributed by atoms with Crippen molar-refractivity contribution in [3.05, 3.63) is 83.0 Å². The molecule has 0 fully saturated rings. The third kappa shape index (κ3) is 6.37. The Morgan fingerprint density at radius 2 is 1.78 bits per heavy atom. The van der Waals surface area contributed by atoms with Crippen molar-refractivity contribution in [1.29, 1.82) is 0 Å². The summed E-state index contributed by atoms with van der Waals surface area (Å²) in [7, 11) is 0. The molecule has 2 aromatic carbocycles. The number of Topliss-reactive ketones (excluding diaryl/α,β-unsaturated/α-hetero) is 1. The summed E-state index contributed by atoms with van der Waals surface area (Å²) in [6.07, 6.45) is 3.63. The number of aryl methyl sites for hydroxylation is 1. The van der Waals surface area contributed by atoms with Crippen LogP contribution >= 0.6 is 0 Å². The summed E-state index contributed by atoms with van der Waals surface area (Å²) in [5.41, 5.74) is 7.22. The van der Waals surface area contributed by atoms with Gasteiger partial charge in [-0.25, -0.2) is 4.68 Å². The molecule has 1 aliphatic rings. The minimum atomic E-state index is -1.38. The van der Waals surface area contributed by atoms with Crippen LogP contribution in [-0.2, 0) is 27.1 Å². The Bertz CT molecular complexity index is 1390. The summed E-state index contributed by atoms with van der Waals surface area (Å²) in [6.45, 7) is 12.0. The molecular weight excluding hydrogens is 514 g/mol. The van der Waals surface area contributed by atoms with Crippen LogP contribution in [0.15, 0.2) is 60.8 Å². The highest BCUT2D eigenvalue weighted by Gasteiger charge is 2.41. The first kappa shape index (κ1) is 30.0. The second-order valence-electron chi connectivity index (χ2n) is 12.4. The zero-order chi connectivity index (χ0) is 29.9. The average Bonchev–Trinajstić information content (AvgIpc) is 3.38. The van der Waals surface area contributed by atoms with Gasteiger partial charge in [0.25, 0.3) is 5.91 Å². The number of hydrogen-bond donors (Lipinski definition) is 3. The van der Waals surface area contributed by atoms with Gasteiger partial charge in [0.1, 0.15) is 16.9 Å². The molecule has 0 radical (unpaired) electrons. The fourth-order valence-electron chi connectivity index (χ4n) is 5.77. The summed E-state index contributed by atoms with van der Waals surface area (Å²) < 4.78 is 1.85. The highest BCUT2D eigenvalue weighted by molar-refractivity contribution is 6.03. The Kier molecular flexibility index (Phi) is 8.71. The number of benzene rings is 2. The number of nitrogens with one attached hydrogen (secondary N) is 2. The number of nitrogens with zero attached hydrogens (tertiary/aromatic N) is 2. The second-order valence-corrected chi connectivity index (χ2v) is 12.4. The number of amides is 2. The lowest BCUT2D eigenvalue weighted by Gasteiger charge is -2.38. The minimum absolute atomic E-state index is 0.0103. The number of hydrogen-bond acceptors (Lipinski definition) is 5. The lowest BCUT2D eigenvalue weighted by Crippen LogP contribution is -2.51. The van der Waals surface area contributed by atoms with Crippen LogP contribution in [0.2, 0.25) is 0 Å². The van der Waals surface area contributed by atoms with E-state index in [2.05, 4.69) is 48.6 Å². The first-order valence-electron chi connectivity index (χ1n) is 14.5. The van der Waals surface area contributed by atoms with Crippen molar-refractivity contribution in [2.24, 2.45) is 17.6 Å². The molecule has 0 saturated heterocycles. The van der Waals surface area contributed by atoms with Crippen molar-refractivity contribution in [2.75, 3.05) is 5.32 Å². The van der Waals surface area contributed by atoms with Gasteiger partial charge >= 0.3 is 0 Å². The third-order valence-electron chi connectivity index (χ3n) is 8.25. The molecular formula is C33H43N5O3. The molecule has 1 aromatic heterocycles. The minimum Gasteiger partial charge on any atom is -0.369 e. The smallest absolute Gasteiger partial charge is 0.257 e. The molecule has 0 spiro atoms. The second kappa shape index (κ2) is 11.9. The largest absolute Gasteiger partial charge is 0.369 e. The van der Waals surface area contributed by atoms with Crippen LogP contribution in [-0.4, -0.2) is 27.4 Å². The Labute approximate surface area is 243 Å². The van der Waals surface area contributed by atoms with Crippen molar-refractivity contribution in [1.82, 2.24) is 15.1 Å². The Morgan fingerprint density at radius 1 is 1.12 bits per heavy atom. The average molecular weight is 558 g/mol. The maximum Gasteiger partial charge on any atom is 0.257 e. The molecule has 8 heteroatoms. The van der Waals surface area contributed by atoms with Crippen LogP contribution in [0.5, 0.6) is 0 Å². The highest BCUT2D eigenvalue weighted by Crippen LogP contribution is 2.40. The van der Waals surface area contributed by atoms with Crippen molar-refractivity contribution >= 4 is 23.4 Å². The third-order valence-corrected chi connectivity index (χ3v) is 8.25. The van der Waals surface area contributed by atoms with Crippen LogP contribution in [0, 0.1) is 11.8 Å². The molecule has 4 rings (SSSR count). The number of aromatic nitrogens is 2. The maximum atomic E-state index is 14.0. The summed E-state index contributed by atoms with van der Waals surface area (Å²) in [4.78, 5) is 40.2. The van der Waals surface area contributed by atoms with Gasteiger partial charge < -0.3 is 16.4 Å². The van der Waals surface area contributed by atoms with E-state index in [9.17, 15) is 14.4 Å². The fraction of sp³-hybridized carbons (Fsp3) is 0.455. The number of carbonyl (C=O) groups is 3. The first-order chi connectivity index (χ1) is 19.4. The van der Waals surface area contributed by atoms with Crippen molar-refractivity contribution in [2.45, 2.75) is 84.3 Å². The van der Waals surface area contributed by atoms with Crippen LogP contribution < -0.4 is 16.4 Å². The van der Waals surface area contributed by atoms with Crippen LogP contribution in [0.4, 0.5) is 5.82 Å². The van der Waals surface area contributed by atoms with Crippen molar-refractivity contribution in [3.63, 3.8) is 0 Å². The van der Waals surface area contributed by atoms with E-state index < -0.39 is 23.3 Å². The van der Waals surface area contributed by atoms with Crippen molar-refractivity contribution in [3.8, 4) is 0 Å². The van der Waals surface area contributed by atoms with Crippen LogP contribution in [0.1, 0.15) is 93.9 Å². The number of primary amides is 1. The van der Waals surface area contributed by atoms with E-state index in [1.165, 1.54) is 0 Å². The Morgan fingerprint density at radius 3 is 2.37 bits per heavy atom. The molecule has 2 heterocycles. The molecule has 0 aliphatic carbocycles. The van der Waals surface area contributed by atoms with E-state index in [0.717, 1.165) is 24.0 Å². The lowest BCUT2D eigenvalue weighted by atomic mass is 9.80. The van der Waals surface area contributed by atoms with E-state index in [0.29, 0.717) is 23.4 Å². The summed E-state index contributed by atoms with van der Waals surface area (Å²) in [5.74, 6) is -1.01. The number of fused-ring (bicyclic) bond motifs is 1. The van der Waals surface area contributed by atoms with Gasteiger partial charge in [0, 0.05) is 12.3 Å². The molecule has 3 atom stereocenters. The molecule has 2 amide bonds. The normalized spacial score (nSPS) is 18.1. The first-order valence-corrected chi connectivity index (χ1v) is 14.5. The molecule has 3 aromatic rings. The Balaban J connectivity index is 1.69. The van der Waals surface area contributed by atoms with Gasteiger partial charge in [0.15, 0.2) is 5.78 Å². The number of nitrogens with two attached hydrogens (primary N) is 1. The zero-order valence-corrected chi connectivity index (χ0v) is 25.0. The monoisotopic (exact) mass is 557 g/mol. The van der Waals surface area contributed by atoms with Gasteiger partial charge in [-0.2, -0.15) is 5.10 Å². The predicted molar refractivity (Wildman–Crippen MR) is 161 cm³/mol. The fourth-order valence-corrected chi connectivity index (χ4v) is 5.77. The standard InChI is InChI=1S/C33H43N5O3/c1-7-22-13-15-25(16-14-22)33(6,28(39)18-24(29(34)40)17-21(2)3)37-31(41)26-20-35-38-30(26)36-27(19-32(38,4)5)23-11-9-8-10-12-23/h8-16,20-21,24,27,36H,7,17-19H2,1-6H3,(H2,34,40)(H,37,41)/t24-,27-,33?/m1/s1. The van der Waals surface area contributed by atoms with Crippen LogP contribution in [0.25, 0.3) is 0 Å². The molecule has 0 bridgehead atoms. The molecule has 218 valence electrons. The SMILES string of the molecule is CCc1ccc(C(C)(NC(=O)c2cnn3c2N[C@@H](c2ccccc2)CC3(C)C)C(=O)C[C@@H](CC(C)C)C(N)=O)cc1. The van der Waals surface area contributed by atoms with Gasteiger partial charge in [0.05, 0.1) is 17.8 Å². The molecule has 1 aliphatic heterocycles. The molecule has 8 nitrogen and oxygen atoms in total. The summed E-state index contributed by atoms with van der Waals surface area (Å²) >= 11 is 0. The summed E-state index contributed by atoms with van der Waals surface area (Å²) in [5, 5.41) is 11.2. The zero-order valence-electron chi connectivity index (χ0n) is 25.0. The van der Waals surface area contributed by atoms with Crippen molar-refractivity contribution < 1.29 is 14.4 Å². The van der Waals surface area contributed by atoms with Gasteiger partial charge in [0.2, 0.25) is 5.91 Å². The quantitative estimate of drug-likeness (QED) is 0.288.